The van der Waals surface area contributed by atoms with E-state index in [1.807, 2.05) is 13.8 Å². The average molecular weight is 212 g/mol. The van der Waals surface area contributed by atoms with E-state index in [1.165, 1.54) is 25.7 Å². The van der Waals surface area contributed by atoms with Gasteiger partial charge >= 0.3 is 0 Å². The first kappa shape index (κ1) is 12.5. The number of amides is 1. The normalized spacial score (nSPS) is 26.9. The summed E-state index contributed by atoms with van der Waals surface area (Å²) in [5.74, 6) is 0.565. The summed E-state index contributed by atoms with van der Waals surface area (Å²) < 4.78 is 0. The van der Waals surface area contributed by atoms with Gasteiger partial charge in [0.25, 0.3) is 0 Å². The molecule has 15 heavy (non-hydrogen) atoms. The van der Waals surface area contributed by atoms with Gasteiger partial charge in [0.05, 0.1) is 5.41 Å². The van der Waals surface area contributed by atoms with Crippen LogP contribution in [0, 0.1) is 11.3 Å². The fraction of sp³-hybridized carbons (Fsp3) is 0.917. The first-order valence-electron chi connectivity index (χ1n) is 6.00. The molecule has 0 saturated heterocycles. The maximum absolute atomic E-state index is 11.2. The van der Waals surface area contributed by atoms with Crippen LogP contribution in [0.5, 0.6) is 0 Å². The molecular weight excluding hydrogens is 188 g/mol. The second-order valence-electron chi connectivity index (χ2n) is 5.33. The third kappa shape index (κ3) is 3.20. The Morgan fingerprint density at radius 3 is 2.67 bits per heavy atom. The smallest absolute Gasteiger partial charge is 0.224 e. The fourth-order valence-electron chi connectivity index (χ4n) is 2.27. The Bertz CT molecular complexity index is 226. The van der Waals surface area contributed by atoms with E-state index in [0.29, 0.717) is 12.6 Å². The summed E-state index contributed by atoms with van der Waals surface area (Å²) in [5.41, 5.74) is 4.91. The summed E-state index contributed by atoms with van der Waals surface area (Å²) in [5, 5.41) is 3.50. The summed E-state index contributed by atoms with van der Waals surface area (Å²) in [6, 6.07) is 0.591. The van der Waals surface area contributed by atoms with Crippen LogP contribution >= 0.6 is 0 Å². The molecule has 0 aromatic carbocycles. The van der Waals surface area contributed by atoms with Crippen molar-refractivity contribution in [3.63, 3.8) is 0 Å². The zero-order valence-corrected chi connectivity index (χ0v) is 10.2. The minimum atomic E-state index is -0.430. The molecule has 1 aliphatic rings. The topological polar surface area (TPSA) is 55.1 Å². The van der Waals surface area contributed by atoms with Gasteiger partial charge < -0.3 is 11.1 Å². The van der Waals surface area contributed by atoms with Crippen molar-refractivity contribution in [1.29, 1.82) is 0 Å². The van der Waals surface area contributed by atoms with Crippen LogP contribution < -0.4 is 11.1 Å². The zero-order valence-electron chi connectivity index (χ0n) is 10.2. The Morgan fingerprint density at radius 2 is 2.13 bits per heavy atom. The highest BCUT2D eigenvalue weighted by Crippen LogP contribution is 2.28. The van der Waals surface area contributed by atoms with Crippen molar-refractivity contribution in [3.05, 3.63) is 0 Å². The maximum Gasteiger partial charge on any atom is 0.224 e. The van der Waals surface area contributed by atoms with E-state index in [1.54, 1.807) is 0 Å². The molecule has 88 valence electrons. The van der Waals surface area contributed by atoms with Crippen molar-refractivity contribution in [2.75, 3.05) is 6.54 Å². The molecule has 1 amide bonds. The monoisotopic (exact) mass is 212 g/mol. The molecule has 1 rings (SSSR count). The Labute approximate surface area is 92.8 Å². The fourth-order valence-corrected chi connectivity index (χ4v) is 2.27. The predicted octanol–water partition coefficient (Wildman–Crippen LogP) is 1.67. The second kappa shape index (κ2) is 4.97. The van der Waals surface area contributed by atoms with E-state index >= 15 is 0 Å². The lowest BCUT2D eigenvalue weighted by Crippen LogP contribution is -2.44. The second-order valence-corrected chi connectivity index (χ2v) is 5.33. The molecule has 0 aromatic rings. The van der Waals surface area contributed by atoms with Gasteiger partial charge in [0.15, 0.2) is 0 Å². The number of carbonyl (C=O) groups excluding carboxylic acids is 1. The molecule has 2 unspecified atom stereocenters. The van der Waals surface area contributed by atoms with Crippen LogP contribution in [0.3, 0.4) is 0 Å². The minimum Gasteiger partial charge on any atom is -0.369 e. The number of nitrogens with one attached hydrogen (secondary N) is 1. The molecule has 1 fully saturated rings. The molecule has 3 nitrogen and oxygen atoms in total. The van der Waals surface area contributed by atoms with E-state index in [9.17, 15) is 4.79 Å². The van der Waals surface area contributed by atoms with Gasteiger partial charge in [0, 0.05) is 12.6 Å². The highest BCUT2D eigenvalue weighted by Gasteiger charge is 2.30. The number of hydrogen-bond donors (Lipinski definition) is 2. The van der Waals surface area contributed by atoms with E-state index in [2.05, 4.69) is 12.2 Å². The number of primary amides is 1. The summed E-state index contributed by atoms with van der Waals surface area (Å²) in [6.07, 6.45) is 5.11. The molecule has 2 atom stereocenters. The SMILES string of the molecule is CCC1CCCC1NCC(C)(C)C(N)=O. The quantitative estimate of drug-likeness (QED) is 0.728. The molecule has 0 bridgehead atoms. The number of nitrogens with two attached hydrogens (primary N) is 1. The van der Waals surface area contributed by atoms with Crippen molar-refractivity contribution in [3.8, 4) is 0 Å². The first-order chi connectivity index (χ1) is 6.97. The van der Waals surface area contributed by atoms with Gasteiger partial charge in [-0.05, 0) is 32.6 Å². The molecule has 0 heterocycles. The summed E-state index contributed by atoms with van der Waals surface area (Å²) in [4.78, 5) is 11.2. The van der Waals surface area contributed by atoms with E-state index < -0.39 is 5.41 Å². The molecule has 1 aliphatic carbocycles. The van der Waals surface area contributed by atoms with Crippen LogP contribution in [0.1, 0.15) is 46.5 Å². The number of carbonyl (C=O) groups is 1. The molecule has 0 aromatic heterocycles. The Hall–Kier alpha value is -0.570. The lowest BCUT2D eigenvalue weighted by atomic mass is 9.91. The van der Waals surface area contributed by atoms with Crippen LogP contribution in [0.2, 0.25) is 0 Å². The molecule has 1 saturated carbocycles. The van der Waals surface area contributed by atoms with E-state index in [0.717, 1.165) is 5.92 Å². The average Bonchev–Trinajstić information content (AvgIpc) is 2.61. The summed E-state index contributed by atoms with van der Waals surface area (Å²) in [6.45, 7) is 6.74. The van der Waals surface area contributed by atoms with E-state index in [4.69, 9.17) is 5.73 Å². The van der Waals surface area contributed by atoms with Crippen molar-refractivity contribution in [2.45, 2.75) is 52.5 Å². The van der Waals surface area contributed by atoms with Crippen molar-refractivity contribution in [1.82, 2.24) is 5.32 Å². The largest absolute Gasteiger partial charge is 0.369 e. The van der Waals surface area contributed by atoms with Gasteiger partial charge in [-0.1, -0.05) is 19.8 Å². The van der Waals surface area contributed by atoms with Gasteiger partial charge in [-0.3, -0.25) is 4.79 Å². The van der Waals surface area contributed by atoms with Gasteiger partial charge in [0.1, 0.15) is 0 Å². The molecule has 0 spiro atoms. The predicted molar refractivity (Wildman–Crippen MR) is 62.4 cm³/mol. The number of rotatable bonds is 5. The Morgan fingerprint density at radius 1 is 1.47 bits per heavy atom. The van der Waals surface area contributed by atoms with Crippen molar-refractivity contribution < 1.29 is 4.79 Å². The highest BCUT2D eigenvalue weighted by molar-refractivity contribution is 5.80. The Kier molecular flexibility index (Phi) is 4.14. The minimum absolute atomic E-state index is 0.221. The Balaban J connectivity index is 2.39. The van der Waals surface area contributed by atoms with E-state index in [-0.39, 0.29) is 5.91 Å². The molecule has 3 heteroatoms. The third-order valence-electron chi connectivity index (χ3n) is 3.66. The molecule has 0 radical (unpaired) electrons. The van der Waals surface area contributed by atoms with Gasteiger partial charge in [-0.15, -0.1) is 0 Å². The molecular formula is C12H24N2O. The lowest BCUT2D eigenvalue weighted by Gasteiger charge is -2.26. The van der Waals surface area contributed by atoms with Gasteiger partial charge in [-0.25, -0.2) is 0 Å². The van der Waals surface area contributed by atoms with Crippen LogP contribution in [-0.2, 0) is 4.79 Å². The number of hydrogen-bond acceptors (Lipinski definition) is 2. The standard InChI is InChI=1S/C12H24N2O/c1-4-9-6-5-7-10(9)14-8-12(2,3)11(13)15/h9-10,14H,4-8H2,1-3H3,(H2,13,15). The maximum atomic E-state index is 11.2. The van der Waals surface area contributed by atoms with Crippen LogP contribution in [0.15, 0.2) is 0 Å². The molecule has 3 N–H and O–H groups in total. The third-order valence-corrected chi connectivity index (χ3v) is 3.66. The highest BCUT2D eigenvalue weighted by atomic mass is 16.1. The molecule has 0 aliphatic heterocycles. The zero-order chi connectivity index (χ0) is 11.5. The van der Waals surface area contributed by atoms with Crippen molar-refractivity contribution >= 4 is 5.91 Å². The lowest BCUT2D eigenvalue weighted by molar-refractivity contribution is -0.125. The van der Waals surface area contributed by atoms with Crippen LogP contribution in [0.25, 0.3) is 0 Å². The van der Waals surface area contributed by atoms with Gasteiger partial charge in [-0.2, -0.15) is 0 Å². The van der Waals surface area contributed by atoms with Crippen molar-refractivity contribution in [2.24, 2.45) is 17.1 Å². The van der Waals surface area contributed by atoms with Crippen LogP contribution in [0.4, 0.5) is 0 Å². The van der Waals surface area contributed by atoms with Crippen LogP contribution in [-0.4, -0.2) is 18.5 Å². The van der Waals surface area contributed by atoms with Gasteiger partial charge in [0.2, 0.25) is 5.91 Å². The first-order valence-corrected chi connectivity index (χ1v) is 6.00. The summed E-state index contributed by atoms with van der Waals surface area (Å²) >= 11 is 0. The summed E-state index contributed by atoms with van der Waals surface area (Å²) in [7, 11) is 0.